The average Bonchev–Trinajstić information content (AvgIpc) is 2.50. The molecule has 0 fully saturated rings. The monoisotopic (exact) mass is 285 g/mol. The second-order valence-corrected chi connectivity index (χ2v) is 4.63. The number of para-hydroxylation sites is 1. The first-order chi connectivity index (χ1) is 10.1. The maximum absolute atomic E-state index is 11.8. The molecule has 0 saturated heterocycles. The first-order valence-electron chi connectivity index (χ1n) is 6.85. The number of rotatable bonds is 5. The van der Waals surface area contributed by atoms with Crippen LogP contribution in [0.25, 0.3) is 0 Å². The second kappa shape index (κ2) is 6.74. The fraction of sp³-hybridized carbons (Fsp3) is 0.250. The van der Waals surface area contributed by atoms with Gasteiger partial charge in [-0.05, 0) is 43.7 Å². The molecule has 1 aromatic carbocycles. The van der Waals surface area contributed by atoms with Crippen LogP contribution in [0.3, 0.4) is 0 Å². The van der Waals surface area contributed by atoms with E-state index in [9.17, 15) is 4.79 Å². The van der Waals surface area contributed by atoms with E-state index in [0.29, 0.717) is 23.5 Å². The largest absolute Gasteiger partial charge is 0.462 e. The number of benzene rings is 1. The van der Waals surface area contributed by atoms with Gasteiger partial charge in [-0.1, -0.05) is 6.07 Å². The molecule has 0 amide bonds. The molecule has 2 aromatic rings. The Hall–Kier alpha value is -2.56. The molecule has 5 nitrogen and oxygen atoms in total. The van der Waals surface area contributed by atoms with Gasteiger partial charge in [-0.15, -0.1) is 0 Å². The number of nitrogens with one attached hydrogen (secondary N) is 1. The van der Waals surface area contributed by atoms with Crippen LogP contribution < -0.4 is 11.1 Å². The fourth-order valence-electron chi connectivity index (χ4n) is 2.05. The molecule has 1 aromatic heterocycles. The SMILES string of the molecule is CCOC(=O)c1cccc(NC(C)c2ccncc2)c1N. The number of ether oxygens (including phenoxy) is 1. The van der Waals surface area contributed by atoms with E-state index in [1.165, 1.54) is 0 Å². The molecule has 0 spiro atoms. The molecule has 110 valence electrons. The summed E-state index contributed by atoms with van der Waals surface area (Å²) in [5, 5.41) is 3.30. The first-order valence-corrected chi connectivity index (χ1v) is 6.85. The number of esters is 1. The lowest BCUT2D eigenvalue weighted by Crippen LogP contribution is -2.12. The molecule has 1 heterocycles. The molecule has 1 atom stereocenters. The van der Waals surface area contributed by atoms with Crippen molar-refractivity contribution in [2.45, 2.75) is 19.9 Å². The molecular weight excluding hydrogens is 266 g/mol. The summed E-state index contributed by atoms with van der Waals surface area (Å²) in [4.78, 5) is 15.8. The minimum Gasteiger partial charge on any atom is -0.462 e. The number of pyridine rings is 1. The molecule has 21 heavy (non-hydrogen) atoms. The van der Waals surface area contributed by atoms with Crippen LogP contribution in [0.5, 0.6) is 0 Å². The summed E-state index contributed by atoms with van der Waals surface area (Å²) in [7, 11) is 0. The number of hydrogen-bond acceptors (Lipinski definition) is 5. The summed E-state index contributed by atoms with van der Waals surface area (Å²) in [5.74, 6) is -0.407. The van der Waals surface area contributed by atoms with Gasteiger partial charge < -0.3 is 15.8 Å². The van der Waals surface area contributed by atoms with E-state index in [0.717, 1.165) is 5.56 Å². The van der Waals surface area contributed by atoms with Crippen LogP contribution in [0.4, 0.5) is 11.4 Å². The van der Waals surface area contributed by atoms with Gasteiger partial charge in [0.15, 0.2) is 0 Å². The van der Waals surface area contributed by atoms with Gasteiger partial charge in [0.1, 0.15) is 0 Å². The van der Waals surface area contributed by atoms with Crippen LogP contribution in [0.15, 0.2) is 42.7 Å². The highest BCUT2D eigenvalue weighted by Crippen LogP contribution is 2.27. The van der Waals surface area contributed by atoms with Gasteiger partial charge in [-0.25, -0.2) is 4.79 Å². The molecule has 2 rings (SSSR count). The van der Waals surface area contributed by atoms with Crippen LogP contribution in [0.1, 0.15) is 35.8 Å². The van der Waals surface area contributed by atoms with Gasteiger partial charge >= 0.3 is 5.97 Å². The Morgan fingerprint density at radius 2 is 2.05 bits per heavy atom. The van der Waals surface area contributed by atoms with Crippen molar-refractivity contribution in [2.24, 2.45) is 0 Å². The minimum absolute atomic E-state index is 0.0488. The summed E-state index contributed by atoms with van der Waals surface area (Å²) in [6.45, 7) is 4.11. The lowest BCUT2D eigenvalue weighted by Gasteiger charge is -2.18. The fourth-order valence-corrected chi connectivity index (χ4v) is 2.05. The van der Waals surface area contributed by atoms with Gasteiger partial charge in [-0.2, -0.15) is 0 Å². The summed E-state index contributed by atoms with van der Waals surface area (Å²) >= 11 is 0. The van der Waals surface area contributed by atoms with Crippen LogP contribution >= 0.6 is 0 Å². The van der Waals surface area contributed by atoms with Gasteiger partial charge in [0, 0.05) is 18.4 Å². The predicted octanol–water partition coefficient (Wildman–Crippen LogP) is 3.01. The van der Waals surface area contributed by atoms with Crippen molar-refractivity contribution >= 4 is 17.3 Å². The lowest BCUT2D eigenvalue weighted by molar-refractivity contribution is 0.0527. The highest BCUT2D eigenvalue weighted by Gasteiger charge is 2.15. The zero-order chi connectivity index (χ0) is 15.2. The Labute approximate surface area is 124 Å². The first kappa shape index (κ1) is 14.8. The van der Waals surface area contributed by atoms with E-state index in [-0.39, 0.29) is 6.04 Å². The molecule has 3 N–H and O–H groups in total. The Morgan fingerprint density at radius 1 is 1.33 bits per heavy atom. The minimum atomic E-state index is -0.407. The van der Waals surface area contributed by atoms with Gasteiger partial charge in [0.05, 0.1) is 23.5 Å². The van der Waals surface area contributed by atoms with Crippen LogP contribution in [0.2, 0.25) is 0 Å². The number of nitrogen functional groups attached to an aromatic ring is 1. The summed E-state index contributed by atoms with van der Waals surface area (Å²) in [6, 6.07) is 9.20. The Bertz CT molecular complexity index is 614. The second-order valence-electron chi connectivity index (χ2n) is 4.63. The number of carbonyl (C=O) groups is 1. The van der Waals surface area contributed by atoms with Crippen LogP contribution in [0, 0.1) is 0 Å². The summed E-state index contributed by atoms with van der Waals surface area (Å²) in [5.41, 5.74) is 8.65. The van der Waals surface area contributed by atoms with Crippen molar-refractivity contribution in [3.63, 3.8) is 0 Å². The Morgan fingerprint density at radius 3 is 2.71 bits per heavy atom. The molecule has 0 radical (unpaired) electrons. The Kier molecular flexibility index (Phi) is 4.77. The van der Waals surface area contributed by atoms with Crippen molar-refractivity contribution in [2.75, 3.05) is 17.7 Å². The molecular formula is C16H19N3O2. The van der Waals surface area contributed by atoms with E-state index < -0.39 is 5.97 Å². The van der Waals surface area contributed by atoms with E-state index in [1.54, 1.807) is 31.5 Å². The molecule has 1 unspecified atom stereocenters. The lowest BCUT2D eigenvalue weighted by atomic mass is 10.1. The van der Waals surface area contributed by atoms with Crippen LogP contribution in [-0.4, -0.2) is 17.6 Å². The highest BCUT2D eigenvalue weighted by atomic mass is 16.5. The number of hydrogen-bond donors (Lipinski definition) is 2. The third kappa shape index (κ3) is 3.51. The van der Waals surface area contributed by atoms with Crippen molar-refractivity contribution in [1.29, 1.82) is 0 Å². The van der Waals surface area contributed by atoms with Crippen molar-refractivity contribution in [1.82, 2.24) is 4.98 Å². The maximum Gasteiger partial charge on any atom is 0.340 e. The molecule has 0 aliphatic rings. The van der Waals surface area contributed by atoms with Crippen LogP contribution in [-0.2, 0) is 4.74 Å². The van der Waals surface area contributed by atoms with Gasteiger partial charge in [0.25, 0.3) is 0 Å². The zero-order valence-corrected chi connectivity index (χ0v) is 12.2. The number of nitrogens with two attached hydrogens (primary N) is 1. The number of carbonyl (C=O) groups excluding carboxylic acids is 1. The van der Waals surface area contributed by atoms with E-state index in [4.69, 9.17) is 10.5 Å². The van der Waals surface area contributed by atoms with Crippen molar-refractivity contribution in [3.05, 3.63) is 53.9 Å². The number of nitrogens with zero attached hydrogens (tertiary/aromatic N) is 1. The van der Waals surface area contributed by atoms with Crippen molar-refractivity contribution < 1.29 is 9.53 Å². The molecule has 0 aliphatic carbocycles. The standard InChI is InChI=1S/C16H19N3O2/c1-3-21-16(20)13-5-4-6-14(15(13)17)19-11(2)12-7-9-18-10-8-12/h4-11,19H,3,17H2,1-2H3. The maximum atomic E-state index is 11.8. The number of aromatic nitrogens is 1. The predicted molar refractivity (Wildman–Crippen MR) is 83.1 cm³/mol. The third-order valence-electron chi connectivity index (χ3n) is 3.18. The van der Waals surface area contributed by atoms with E-state index in [2.05, 4.69) is 10.3 Å². The Balaban J connectivity index is 2.21. The highest BCUT2D eigenvalue weighted by molar-refractivity contribution is 5.98. The average molecular weight is 285 g/mol. The van der Waals surface area contributed by atoms with E-state index in [1.807, 2.05) is 25.1 Å². The summed E-state index contributed by atoms with van der Waals surface area (Å²) < 4.78 is 5.00. The zero-order valence-electron chi connectivity index (χ0n) is 12.2. The number of anilines is 2. The normalized spacial score (nSPS) is 11.7. The van der Waals surface area contributed by atoms with E-state index >= 15 is 0 Å². The van der Waals surface area contributed by atoms with Gasteiger partial charge in [0.2, 0.25) is 0 Å². The topological polar surface area (TPSA) is 77.2 Å². The molecule has 0 bridgehead atoms. The smallest absolute Gasteiger partial charge is 0.340 e. The third-order valence-corrected chi connectivity index (χ3v) is 3.18. The van der Waals surface area contributed by atoms with Crippen molar-refractivity contribution in [3.8, 4) is 0 Å². The molecule has 0 saturated carbocycles. The molecule has 5 heteroatoms. The molecule has 0 aliphatic heterocycles. The van der Waals surface area contributed by atoms with Gasteiger partial charge in [-0.3, -0.25) is 4.98 Å². The quantitative estimate of drug-likeness (QED) is 0.652. The summed E-state index contributed by atoms with van der Waals surface area (Å²) in [6.07, 6.45) is 3.48.